The summed E-state index contributed by atoms with van der Waals surface area (Å²) in [5.74, 6) is -8.12. The summed E-state index contributed by atoms with van der Waals surface area (Å²) in [4.78, 5) is 30.6. The van der Waals surface area contributed by atoms with Crippen LogP contribution in [0.3, 0.4) is 0 Å². The van der Waals surface area contributed by atoms with Crippen LogP contribution in [-0.4, -0.2) is 55.6 Å². The normalized spacial score (nSPS) is 14.8. The summed E-state index contributed by atoms with van der Waals surface area (Å²) in [5.41, 5.74) is 0. The van der Waals surface area contributed by atoms with Crippen molar-refractivity contribution < 1.29 is 39.9 Å². The van der Waals surface area contributed by atoms with E-state index in [0.717, 1.165) is 0 Å². The van der Waals surface area contributed by atoms with Gasteiger partial charge in [-0.2, -0.15) is 0 Å². The maximum absolute atomic E-state index is 10.3. The molecule has 0 aliphatic heterocycles. The Bertz CT molecular complexity index is 245. The highest BCUT2D eigenvalue weighted by Crippen LogP contribution is 2.09. The highest BCUT2D eigenvalue weighted by atomic mass is 16.4. The summed E-state index contributed by atoms with van der Waals surface area (Å²) in [6.45, 7) is 0. The molecule has 0 heterocycles. The zero-order valence-corrected chi connectivity index (χ0v) is 6.69. The number of hydrogen-bond acceptors (Lipinski definition) is 5. The van der Waals surface area contributed by atoms with Gasteiger partial charge in [0.1, 0.15) is 6.10 Å². The molecule has 0 bridgehead atoms. The first-order valence-corrected chi connectivity index (χ1v) is 3.33. The maximum Gasteiger partial charge on any atom is 0.335 e. The topological polar surface area (TPSA) is 152 Å². The molecule has 0 aliphatic rings. The number of hydrogen-bond donors (Lipinski definition) is 5. The largest absolute Gasteiger partial charge is 0.481 e. The molecule has 14 heavy (non-hydrogen) atoms. The van der Waals surface area contributed by atoms with Crippen molar-refractivity contribution in [1.82, 2.24) is 0 Å². The summed E-state index contributed by atoms with van der Waals surface area (Å²) >= 11 is 0. The van der Waals surface area contributed by atoms with Crippen molar-refractivity contribution in [3.63, 3.8) is 0 Å². The van der Waals surface area contributed by atoms with Crippen LogP contribution in [-0.2, 0) is 14.4 Å². The van der Waals surface area contributed by atoms with Gasteiger partial charge in [0.25, 0.3) is 0 Å². The highest BCUT2D eigenvalue weighted by Gasteiger charge is 2.40. The molecule has 0 saturated heterocycles. The lowest BCUT2D eigenvalue weighted by molar-refractivity contribution is -0.169. The molecule has 8 nitrogen and oxygen atoms in total. The van der Waals surface area contributed by atoms with E-state index in [1.165, 1.54) is 0 Å². The lowest BCUT2D eigenvalue weighted by atomic mass is 9.98. The third-order valence-electron chi connectivity index (χ3n) is 1.45. The minimum absolute atomic E-state index is 1.90. The van der Waals surface area contributed by atoms with Crippen LogP contribution in [0.1, 0.15) is 0 Å². The molecule has 0 aromatic rings. The Morgan fingerprint density at radius 3 is 1.36 bits per heavy atom. The molecule has 0 radical (unpaired) electrons. The second-order valence-corrected chi connectivity index (χ2v) is 2.43. The van der Waals surface area contributed by atoms with E-state index in [9.17, 15) is 14.4 Å². The van der Waals surface area contributed by atoms with Crippen molar-refractivity contribution in [3.05, 3.63) is 0 Å². The Balaban J connectivity index is 4.77. The van der Waals surface area contributed by atoms with E-state index in [2.05, 4.69) is 0 Å². The average molecular weight is 208 g/mol. The van der Waals surface area contributed by atoms with Gasteiger partial charge in [0.05, 0.1) is 0 Å². The summed E-state index contributed by atoms with van der Waals surface area (Å²) in [5, 5.41) is 42.4. The fourth-order valence-electron chi connectivity index (χ4n) is 0.726. The predicted molar refractivity (Wildman–Crippen MR) is 38.4 cm³/mol. The average Bonchev–Trinajstić information content (AvgIpc) is 2.01. The molecule has 0 rings (SSSR count). The molecule has 0 aromatic heterocycles. The minimum Gasteiger partial charge on any atom is -0.481 e. The van der Waals surface area contributed by atoms with Gasteiger partial charge in [-0.1, -0.05) is 0 Å². The molecule has 5 N–H and O–H groups in total. The summed E-state index contributed by atoms with van der Waals surface area (Å²) in [6, 6.07) is 0. The Hall–Kier alpha value is -1.67. The number of carbonyl (C=O) groups is 3. The zero-order chi connectivity index (χ0) is 11.5. The fourth-order valence-corrected chi connectivity index (χ4v) is 0.726. The van der Waals surface area contributed by atoms with E-state index in [4.69, 9.17) is 25.5 Å². The van der Waals surface area contributed by atoms with E-state index in [1.807, 2.05) is 0 Å². The van der Waals surface area contributed by atoms with Gasteiger partial charge in [0, 0.05) is 0 Å². The molecular formula is C6H8O8. The molecule has 2 atom stereocenters. The van der Waals surface area contributed by atoms with Crippen LogP contribution in [0.15, 0.2) is 0 Å². The molecule has 2 unspecified atom stereocenters. The molecule has 8 heteroatoms. The van der Waals surface area contributed by atoms with Gasteiger partial charge in [-0.05, 0) is 0 Å². The number of carboxylic acid groups (broad SMARTS) is 3. The van der Waals surface area contributed by atoms with Crippen LogP contribution in [0.5, 0.6) is 0 Å². The van der Waals surface area contributed by atoms with Crippen LogP contribution in [0.25, 0.3) is 0 Å². The lowest BCUT2D eigenvalue weighted by Crippen LogP contribution is -2.45. The summed E-state index contributed by atoms with van der Waals surface area (Å²) in [6.07, 6.45) is -4.85. The van der Waals surface area contributed by atoms with Crippen molar-refractivity contribution >= 4 is 17.9 Å². The molecule has 0 saturated carbocycles. The van der Waals surface area contributed by atoms with Gasteiger partial charge in [0.15, 0.2) is 12.0 Å². The quantitative estimate of drug-likeness (QED) is 0.313. The molecule has 0 aromatic carbocycles. The molecular weight excluding hydrogens is 200 g/mol. The smallest absolute Gasteiger partial charge is 0.335 e. The number of aliphatic carboxylic acids is 3. The van der Waals surface area contributed by atoms with Gasteiger partial charge in [0.2, 0.25) is 0 Å². The Kier molecular flexibility index (Phi) is 3.99. The molecule has 0 amide bonds. The van der Waals surface area contributed by atoms with E-state index in [1.54, 1.807) is 0 Å². The zero-order valence-electron chi connectivity index (χ0n) is 6.69. The van der Waals surface area contributed by atoms with Crippen molar-refractivity contribution in [2.45, 2.75) is 12.2 Å². The number of aliphatic hydroxyl groups is 2. The maximum atomic E-state index is 10.3. The van der Waals surface area contributed by atoms with Gasteiger partial charge in [-0.25, -0.2) is 4.79 Å². The van der Waals surface area contributed by atoms with Crippen molar-refractivity contribution in [2.75, 3.05) is 0 Å². The summed E-state index contributed by atoms with van der Waals surface area (Å²) in [7, 11) is 0. The van der Waals surface area contributed by atoms with E-state index in [0.29, 0.717) is 0 Å². The van der Waals surface area contributed by atoms with E-state index >= 15 is 0 Å². The Morgan fingerprint density at radius 1 is 0.786 bits per heavy atom. The van der Waals surface area contributed by atoms with Crippen LogP contribution >= 0.6 is 0 Å². The van der Waals surface area contributed by atoms with Gasteiger partial charge < -0.3 is 25.5 Å². The summed E-state index contributed by atoms with van der Waals surface area (Å²) < 4.78 is 0. The number of carboxylic acids is 3. The molecule has 0 aliphatic carbocycles. The highest BCUT2D eigenvalue weighted by molar-refractivity contribution is 5.94. The first kappa shape index (κ1) is 12.3. The van der Waals surface area contributed by atoms with Crippen molar-refractivity contribution in [1.29, 1.82) is 0 Å². The number of rotatable bonds is 5. The molecule has 0 fully saturated rings. The van der Waals surface area contributed by atoms with Crippen LogP contribution in [0.4, 0.5) is 0 Å². The first-order valence-electron chi connectivity index (χ1n) is 3.33. The van der Waals surface area contributed by atoms with Crippen LogP contribution < -0.4 is 0 Å². The molecule has 80 valence electrons. The Labute approximate surface area is 77.0 Å². The second-order valence-electron chi connectivity index (χ2n) is 2.43. The van der Waals surface area contributed by atoms with Crippen LogP contribution in [0, 0.1) is 5.92 Å². The fraction of sp³-hybridized carbons (Fsp3) is 0.500. The monoisotopic (exact) mass is 208 g/mol. The van der Waals surface area contributed by atoms with Crippen molar-refractivity contribution in [3.8, 4) is 0 Å². The van der Waals surface area contributed by atoms with E-state index < -0.39 is 36.0 Å². The minimum atomic E-state index is -2.45. The Morgan fingerprint density at radius 2 is 1.14 bits per heavy atom. The number of aliphatic hydroxyl groups excluding tert-OH is 2. The lowest BCUT2D eigenvalue weighted by Gasteiger charge is -2.17. The van der Waals surface area contributed by atoms with Gasteiger partial charge >= 0.3 is 17.9 Å². The van der Waals surface area contributed by atoms with Gasteiger partial charge in [-0.15, -0.1) is 0 Å². The van der Waals surface area contributed by atoms with E-state index in [-0.39, 0.29) is 0 Å². The van der Waals surface area contributed by atoms with Crippen LogP contribution in [0.2, 0.25) is 0 Å². The molecule has 0 spiro atoms. The predicted octanol–water partition coefficient (Wildman–Crippen LogP) is -2.42. The first-order chi connectivity index (χ1) is 6.29. The van der Waals surface area contributed by atoms with Crippen molar-refractivity contribution in [2.24, 2.45) is 5.92 Å². The standard InChI is InChI=1S/C6H8O8/c7-2(3(8)6(13)14)1(4(9)10)5(11)12/h1-3,7-8H,(H,9,10)(H,11,12)(H,13,14). The van der Waals surface area contributed by atoms with Gasteiger partial charge in [-0.3, -0.25) is 9.59 Å². The SMILES string of the molecule is O=C(O)C(O)C(O)C(C(=O)O)C(=O)O. The third-order valence-corrected chi connectivity index (χ3v) is 1.45. The second kappa shape index (κ2) is 4.53. The third kappa shape index (κ3) is 2.68.